The maximum absolute atomic E-state index is 14.1. The molecule has 3 saturated carbocycles. The van der Waals surface area contributed by atoms with Gasteiger partial charge in [-0.15, -0.1) is 6.58 Å². The van der Waals surface area contributed by atoms with Crippen LogP contribution in [-0.4, -0.2) is 77.5 Å². The lowest BCUT2D eigenvalue weighted by molar-refractivity contribution is -0.143. The van der Waals surface area contributed by atoms with Crippen LogP contribution in [0.25, 0.3) is 0 Å². The Morgan fingerprint density at radius 1 is 0.870 bits per heavy atom. The van der Waals surface area contributed by atoms with Crippen LogP contribution in [0.4, 0.5) is 4.79 Å². The summed E-state index contributed by atoms with van der Waals surface area (Å²) in [6.45, 7) is 4.14. The monoisotopic (exact) mass is 639 g/mol. The maximum atomic E-state index is 14.1. The van der Waals surface area contributed by atoms with Gasteiger partial charge in [-0.2, -0.15) is 0 Å². The molecule has 254 valence electrons. The normalized spacial score (nSPS) is 30.2. The first-order chi connectivity index (χ1) is 22.3. The summed E-state index contributed by atoms with van der Waals surface area (Å²) < 4.78 is 0. The molecule has 0 bridgehead atoms. The van der Waals surface area contributed by atoms with Crippen molar-refractivity contribution in [1.82, 2.24) is 26.2 Å². The number of hydrogen-bond donors (Lipinski definition) is 4. The number of urea groups is 1. The second-order valence-corrected chi connectivity index (χ2v) is 14.3. The third-order valence-electron chi connectivity index (χ3n) is 10.7. The van der Waals surface area contributed by atoms with Crippen molar-refractivity contribution in [2.75, 3.05) is 13.1 Å². The van der Waals surface area contributed by atoms with Crippen LogP contribution in [0.5, 0.6) is 0 Å². The van der Waals surface area contributed by atoms with E-state index in [1.807, 2.05) is 0 Å². The van der Waals surface area contributed by atoms with Crippen molar-refractivity contribution >= 4 is 35.3 Å². The molecule has 5 rings (SSSR count). The number of hydrogen-bond acceptors (Lipinski definition) is 6. The maximum Gasteiger partial charge on any atom is 0.316 e. The Morgan fingerprint density at radius 3 is 2.17 bits per heavy atom. The second kappa shape index (κ2) is 16.0. The molecule has 4 N–H and O–H groups in total. The minimum absolute atomic E-state index is 0.00509. The van der Waals surface area contributed by atoms with Crippen LogP contribution < -0.4 is 21.3 Å². The van der Waals surface area contributed by atoms with Crippen LogP contribution in [0.15, 0.2) is 12.7 Å². The van der Waals surface area contributed by atoms with Crippen LogP contribution >= 0.6 is 0 Å². The molecular weight excluding hydrogens is 586 g/mol. The molecule has 3 aliphatic carbocycles. The van der Waals surface area contributed by atoms with Crippen molar-refractivity contribution in [2.24, 2.45) is 23.7 Å². The van der Waals surface area contributed by atoms with Crippen molar-refractivity contribution in [1.29, 1.82) is 0 Å². The van der Waals surface area contributed by atoms with Gasteiger partial charge in [0.25, 0.3) is 5.91 Å². The van der Waals surface area contributed by atoms with E-state index in [0.29, 0.717) is 25.8 Å². The number of piperidine rings is 1. The lowest BCUT2D eigenvalue weighted by Crippen LogP contribution is -2.59. The van der Waals surface area contributed by atoms with Crippen molar-refractivity contribution in [3.63, 3.8) is 0 Å². The van der Waals surface area contributed by atoms with E-state index in [0.717, 1.165) is 89.9 Å². The largest absolute Gasteiger partial charge is 0.346 e. The molecule has 46 heavy (non-hydrogen) atoms. The summed E-state index contributed by atoms with van der Waals surface area (Å²) in [7, 11) is 0. The number of nitrogens with zero attached hydrogens (tertiary/aromatic N) is 1. The Morgan fingerprint density at radius 2 is 1.50 bits per heavy atom. The molecule has 0 radical (unpaired) electrons. The van der Waals surface area contributed by atoms with E-state index in [2.05, 4.69) is 27.8 Å². The Labute approximate surface area is 272 Å². The number of Topliss-reactive ketones (excluding diaryl/α,β-unsaturated/α-hetero) is 2. The molecule has 2 saturated heterocycles. The summed E-state index contributed by atoms with van der Waals surface area (Å²) >= 11 is 0. The Balaban J connectivity index is 1.30. The van der Waals surface area contributed by atoms with E-state index in [1.54, 1.807) is 4.90 Å². The quantitative estimate of drug-likeness (QED) is 0.224. The van der Waals surface area contributed by atoms with E-state index in [9.17, 15) is 28.8 Å². The van der Waals surface area contributed by atoms with Crippen LogP contribution in [0, 0.1) is 23.7 Å². The fraction of sp³-hybridized carbons (Fsp3) is 0.771. The highest BCUT2D eigenvalue weighted by molar-refractivity contribution is 6.38. The fourth-order valence-corrected chi connectivity index (χ4v) is 7.85. The number of nitrogens with one attached hydrogen (secondary N) is 4. The van der Waals surface area contributed by atoms with E-state index in [-0.39, 0.29) is 41.9 Å². The van der Waals surface area contributed by atoms with Gasteiger partial charge in [-0.05, 0) is 62.7 Å². The van der Waals surface area contributed by atoms with E-state index >= 15 is 0 Å². The van der Waals surface area contributed by atoms with Gasteiger partial charge in [-0.3, -0.25) is 24.0 Å². The van der Waals surface area contributed by atoms with Gasteiger partial charge in [0, 0.05) is 19.0 Å². The highest BCUT2D eigenvalue weighted by atomic mass is 16.2. The second-order valence-electron chi connectivity index (χ2n) is 14.3. The zero-order valence-corrected chi connectivity index (χ0v) is 27.2. The Kier molecular flexibility index (Phi) is 11.9. The zero-order valence-electron chi connectivity index (χ0n) is 27.2. The summed E-state index contributed by atoms with van der Waals surface area (Å²) in [5.41, 5.74) is 0. The van der Waals surface area contributed by atoms with Gasteiger partial charge >= 0.3 is 6.03 Å². The van der Waals surface area contributed by atoms with Gasteiger partial charge in [0.05, 0.1) is 12.1 Å². The number of fused-ring (bicyclic) bond motifs is 3. The molecule has 2 heterocycles. The Bertz CT molecular complexity index is 1160. The van der Waals surface area contributed by atoms with Crippen LogP contribution in [0.2, 0.25) is 0 Å². The lowest BCUT2D eigenvalue weighted by Gasteiger charge is -2.33. The molecule has 11 heteroatoms. The van der Waals surface area contributed by atoms with E-state index in [4.69, 9.17) is 0 Å². The van der Waals surface area contributed by atoms with Gasteiger partial charge in [-0.25, -0.2) is 4.79 Å². The Hall–Kier alpha value is -3.24. The molecule has 0 aromatic carbocycles. The van der Waals surface area contributed by atoms with Gasteiger partial charge in [0.2, 0.25) is 17.6 Å². The number of carbonyl (C=O) groups is 6. The van der Waals surface area contributed by atoms with Crippen LogP contribution in [-0.2, 0) is 24.0 Å². The lowest BCUT2D eigenvalue weighted by atomic mass is 9.81. The van der Waals surface area contributed by atoms with Gasteiger partial charge in [-0.1, -0.05) is 70.3 Å². The van der Waals surface area contributed by atoms with Gasteiger partial charge < -0.3 is 26.2 Å². The minimum atomic E-state index is -0.972. The number of carbonyl (C=O) groups excluding carboxylic acids is 6. The number of amides is 5. The van der Waals surface area contributed by atoms with Crippen LogP contribution in [0.1, 0.15) is 109 Å². The van der Waals surface area contributed by atoms with Crippen molar-refractivity contribution in [2.45, 2.75) is 133 Å². The predicted molar refractivity (Wildman–Crippen MR) is 172 cm³/mol. The molecule has 5 amide bonds. The molecular formula is C35H53N5O6. The van der Waals surface area contributed by atoms with Crippen molar-refractivity contribution < 1.29 is 28.8 Å². The average Bonchev–Trinajstić information content (AvgIpc) is 4.00. The number of rotatable bonds is 9. The summed E-state index contributed by atoms with van der Waals surface area (Å²) in [5, 5.41) is 11.3. The average molecular weight is 640 g/mol. The SMILES string of the molecule is C=CCNC(=O)C(=O)[C@@H]1CCCCCCCCC[C@H](NC(=O)N[C@H](C(=O)C2CC2)C2CCCCC2)C(=O)N2CC3C[C@@H]3C2C(=O)N1. The standard InChI is InChI=1S/C35H53N5O6/c1-2-19-36-33(44)31(42)26-15-11-6-4-3-5-7-12-16-27(34(45)40-21-24-20-25(24)29(40)32(43)37-26)38-35(46)39-28(30(41)23-17-18-23)22-13-9-8-10-14-22/h2,22-29H,1,3-21H2,(H,36,44)(H,37,43)(H2,38,39,46)/t24?,25-,26-,27-,28-,29?/m0/s1. The topological polar surface area (TPSA) is 154 Å². The smallest absolute Gasteiger partial charge is 0.316 e. The van der Waals surface area contributed by atoms with Crippen molar-refractivity contribution in [3.8, 4) is 0 Å². The third kappa shape index (κ3) is 8.76. The summed E-state index contributed by atoms with van der Waals surface area (Å²) in [6, 6.07) is -3.59. The fourth-order valence-electron chi connectivity index (χ4n) is 7.85. The molecule has 5 fully saturated rings. The minimum Gasteiger partial charge on any atom is -0.346 e. The third-order valence-corrected chi connectivity index (χ3v) is 10.7. The molecule has 5 aliphatic rings. The van der Waals surface area contributed by atoms with E-state index < -0.39 is 47.8 Å². The first-order valence-corrected chi connectivity index (χ1v) is 17.9. The highest BCUT2D eigenvalue weighted by Gasteiger charge is 2.57. The summed E-state index contributed by atoms with van der Waals surface area (Å²) in [4.78, 5) is 81.9. The molecule has 6 atom stereocenters. The van der Waals surface area contributed by atoms with Gasteiger partial charge in [0.1, 0.15) is 12.1 Å². The summed E-state index contributed by atoms with van der Waals surface area (Å²) in [6.07, 6.45) is 16.2. The molecule has 0 aromatic heterocycles. The number of ketones is 2. The predicted octanol–water partition coefficient (Wildman–Crippen LogP) is 3.31. The first kappa shape index (κ1) is 34.1. The molecule has 0 spiro atoms. The van der Waals surface area contributed by atoms with Crippen LogP contribution in [0.3, 0.4) is 0 Å². The highest BCUT2D eigenvalue weighted by Crippen LogP contribution is 2.50. The zero-order chi connectivity index (χ0) is 32.6. The molecule has 0 aromatic rings. The van der Waals surface area contributed by atoms with E-state index in [1.165, 1.54) is 6.08 Å². The molecule has 2 unspecified atom stereocenters. The summed E-state index contributed by atoms with van der Waals surface area (Å²) in [5.74, 6) is -1.72. The molecule has 2 aliphatic heterocycles. The van der Waals surface area contributed by atoms with Crippen molar-refractivity contribution in [3.05, 3.63) is 12.7 Å². The molecule has 11 nitrogen and oxygen atoms in total. The van der Waals surface area contributed by atoms with Gasteiger partial charge in [0.15, 0.2) is 5.78 Å². The first-order valence-electron chi connectivity index (χ1n) is 17.9.